The zero-order valence-corrected chi connectivity index (χ0v) is 9.89. The van der Waals surface area contributed by atoms with E-state index in [1.165, 1.54) is 11.1 Å². The largest absolute Gasteiger partial charge is 0.497 e. The molecule has 1 aromatic rings. The SMILES string of the molecule is CCNCc1cc(OC)cc(OC)c1C. The van der Waals surface area contributed by atoms with Gasteiger partial charge in [0.15, 0.2) is 0 Å². The predicted octanol–water partition coefficient (Wildman–Crippen LogP) is 2.12. The highest BCUT2D eigenvalue weighted by atomic mass is 16.5. The van der Waals surface area contributed by atoms with E-state index < -0.39 is 0 Å². The molecule has 15 heavy (non-hydrogen) atoms. The molecule has 1 aromatic carbocycles. The minimum Gasteiger partial charge on any atom is -0.497 e. The van der Waals surface area contributed by atoms with Crippen molar-refractivity contribution in [2.45, 2.75) is 20.4 Å². The third-order valence-electron chi connectivity index (χ3n) is 2.46. The van der Waals surface area contributed by atoms with Crippen molar-refractivity contribution >= 4 is 0 Å². The zero-order valence-electron chi connectivity index (χ0n) is 9.89. The molecule has 84 valence electrons. The van der Waals surface area contributed by atoms with E-state index in [4.69, 9.17) is 9.47 Å². The normalized spacial score (nSPS) is 10.1. The Labute approximate surface area is 91.4 Å². The lowest BCUT2D eigenvalue weighted by Crippen LogP contribution is -2.13. The van der Waals surface area contributed by atoms with Crippen LogP contribution in [0.2, 0.25) is 0 Å². The molecule has 1 N–H and O–H groups in total. The lowest BCUT2D eigenvalue weighted by molar-refractivity contribution is 0.391. The van der Waals surface area contributed by atoms with E-state index in [9.17, 15) is 0 Å². The van der Waals surface area contributed by atoms with Crippen molar-refractivity contribution in [1.82, 2.24) is 5.32 Å². The first-order valence-corrected chi connectivity index (χ1v) is 5.15. The van der Waals surface area contributed by atoms with Crippen LogP contribution in [0, 0.1) is 6.92 Å². The van der Waals surface area contributed by atoms with Gasteiger partial charge in [0.2, 0.25) is 0 Å². The van der Waals surface area contributed by atoms with Crippen LogP contribution in [0.4, 0.5) is 0 Å². The average Bonchev–Trinajstić information content (AvgIpc) is 2.27. The van der Waals surface area contributed by atoms with Crippen molar-refractivity contribution < 1.29 is 9.47 Å². The first-order valence-electron chi connectivity index (χ1n) is 5.15. The fourth-order valence-electron chi connectivity index (χ4n) is 1.49. The van der Waals surface area contributed by atoms with Crippen molar-refractivity contribution in [2.75, 3.05) is 20.8 Å². The molecule has 0 saturated heterocycles. The van der Waals surface area contributed by atoms with Gasteiger partial charge in [-0.1, -0.05) is 6.92 Å². The van der Waals surface area contributed by atoms with Gasteiger partial charge < -0.3 is 14.8 Å². The van der Waals surface area contributed by atoms with E-state index in [0.717, 1.165) is 24.6 Å². The summed E-state index contributed by atoms with van der Waals surface area (Å²) >= 11 is 0. The second-order valence-corrected chi connectivity index (χ2v) is 3.39. The molecule has 0 aliphatic heterocycles. The van der Waals surface area contributed by atoms with Crippen LogP contribution in [-0.4, -0.2) is 20.8 Å². The number of hydrogen-bond acceptors (Lipinski definition) is 3. The van der Waals surface area contributed by atoms with Crippen molar-refractivity contribution in [3.05, 3.63) is 23.3 Å². The molecule has 0 fully saturated rings. The number of benzene rings is 1. The van der Waals surface area contributed by atoms with Gasteiger partial charge in [-0.3, -0.25) is 0 Å². The molecular formula is C12H19NO2. The highest BCUT2D eigenvalue weighted by molar-refractivity contribution is 5.45. The van der Waals surface area contributed by atoms with E-state index in [2.05, 4.69) is 19.2 Å². The Hall–Kier alpha value is -1.22. The third-order valence-corrected chi connectivity index (χ3v) is 2.46. The second-order valence-electron chi connectivity index (χ2n) is 3.39. The molecule has 3 nitrogen and oxygen atoms in total. The van der Waals surface area contributed by atoms with Crippen molar-refractivity contribution in [3.8, 4) is 11.5 Å². The van der Waals surface area contributed by atoms with Crippen LogP contribution < -0.4 is 14.8 Å². The molecular weight excluding hydrogens is 190 g/mol. The number of ether oxygens (including phenoxy) is 2. The van der Waals surface area contributed by atoms with Gasteiger partial charge in [0.25, 0.3) is 0 Å². The number of hydrogen-bond donors (Lipinski definition) is 1. The maximum absolute atomic E-state index is 5.30. The van der Waals surface area contributed by atoms with Crippen LogP contribution in [0.1, 0.15) is 18.1 Å². The third kappa shape index (κ3) is 2.86. The molecule has 0 aliphatic carbocycles. The Morgan fingerprint density at radius 2 is 1.93 bits per heavy atom. The van der Waals surface area contributed by atoms with Crippen LogP contribution >= 0.6 is 0 Å². The quantitative estimate of drug-likeness (QED) is 0.805. The summed E-state index contributed by atoms with van der Waals surface area (Å²) in [5, 5.41) is 3.30. The molecule has 0 atom stereocenters. The number of methoxy groups -OCH3 is 2. The molecule has 0 aromatic heterocycles. The first-order chi connectivity index (χ1) is 7.22. The maximum Gasteiger partial charge on any atom is 0.125 e. The summed E-state index contributed by atoms with van der Waals surface area (Å²) < 4.78 is 10.5. The van der Waals surface area contributed by atoms with Gasteiger partial charge in [-0.15, -0.1) is 0 Å². The minimum atomic E-state index is 0.838. The highest BCUT2D eigenvalue weighted by Crippen LogP contribution is 2.27. The van der Waals surface area contributed by atoms with Gasteiger partial charge in [-0.05, 0) is 30.7 Å². The van der Waals surface area contributed by atoms with Gasteiger partial charge >= 0.3 is 0 Å². The molecule has 0 aliphatic rings. The Morgan fingerprint density at radius 3 is 2.47 bits per heavy atom. The van der Waals surface area contributed by atoms with Crippen LogP contribution in [0.5, 0.6) is 11.5 Å². The Balaban J connectivity index is 3.01. The zero-order chi connectivity index (χ0) is 11.3. The lowest BCUT2D eigenvalue weighted by atomic mass is 10.1. The summed E-state index contributed by atoms with van der Waals surface area (Å²) in [5.74, 6) is 1.72. The maximum atomic E-state index is 5.30. The second kappa shape index (κ2) is 5.61. The van der Waals surface area contributed by atoms with Gasteiger partial charge in [-0.25, -0.2) is 0 Å². The Kier molecular flexibility index (Phi) is 4.43. The molecule has 3 heteroatoms. The predicted molar refractivity (Wildman–Crippen MR) is 61.7 cm³/mol. The van der Waals surface area contributed by atoms with Gasteiger partial charge in [0, 0.05) is 12.6 Å². The monoisotopic (exact) mass is 209 g/mol. The number of rotatable bonds is 5. The fraction of sp³-hybridized carbons (Fsp3) is 0.500. The summed E-state index contributed by atoms with van der Waals surface area (Å²) in [7, 11) is 3.35. The summed E-state index contributed by atoms with van der Waals surface area (Å²) in [4.78, 5) is 0. The fourth-order valence-corrected chi connectivity index (χ4v) is 1.49. The van der Waals surface area contributed by atoms with E-state index in [1.54, 1.807) is 14.2 Å². The van der Waals surface area contributed by atoms with Crippen molar-refractivity contribution in [3.63, 3.8) is 0 Å². The first kappa shape index (κ1) is 11.9. The molecule has 0 radical (unpaired) electrons. The van der Waals surface area contributed by atoms with E-state index in [1.807, 2.05) is 12.1 Å². The summed E-state index contributed by atoms with van der Waals surface area (Å²) in [6, 6.07) is 3.95. The number of nitrogens with one attached hydrogen (secondary N) is 1. The van der Waals surface area contributed by atoms with Crippen LogP contribution in [-0.2, 0) is 6.54 Å². The molecule has 1 rings (SSSR count). The lowest BCUT2D eigenvalue weighted by Gasteiger charge is -2.13. The van der Waals surface area contributed by atoms with Crippen LogP contribution in [0.15, 0.2) is 12.1 Å². The van der Waals surface area contributed by atoms with Crippen LogP contribution in [0.25, 0.3) is 0 Å². The summed E-state index contributed by atoms with van der Waals surface area (Å²) in [5.41, 5.74) is 2.38. The average molecular weight is 209 g/mol. The Morgan fingerprint density at radius 1 is 1.20 bits per heavy atom. The smallest absolute Gasteiger partial charge is 0.125 e. The van der Waals surface area contributed by atoms with Gasteiger partial charge in [-0.2, -0.15) is 0 Å². The standard InChI is InChI=1S/C12H19NO2/c1-5-13-8-10-6-11(14-3)7-12(15-4)9(10)2/h6-7,13H,5,8H2,1-4H3. The van der Waals surface area contributed by atoms with Gasteiger partial charge in [0.1, 0.15) is 11.5 Å². The van der Waals surface area contributed by atoms with Crippen molar-refractivity contribution in [2.24, 2.45) is 0 Å². The highest BCUT2D eigenvalue weighted by Gasteiger charge is 2.07. The van der Waals surface area contributed by atoms with E-state index >= 15 is 0 Å². The molecule has 0 spiro atoms. The molecule has 0 heterocycles. The molecule has 0 unspecified atom stereocenters. The van der Waals surface area contributed by atoms with E-state index in [-0.39, 0.29) is 0 Å². The topological polar surface area (TPSA) is 30.5 Å². The minimum absolute atomic E-state index is 0.838. The molecule has 0 amide bonds. The summed E-state index contributed by atoms with van der Waals surface area (Å²) in [6.45, 7) is 5.95. The molecule has 0 saturated carbocycles. The van der Waals surface area contributed by atoms with Crippen LogP contribution in [0.3, 0.4) is 0 Å². The summed E-state index contributed by atoms with van der Waals surface area (Å²) in [6.07, 6.45) is 0. The van der Waals surface area contributed by atoms with Gasteiger partial charge in [0.05, 0.1) is 14.2 Å². The van der Waals surface area contributed by atoms with Crippen molar-refractivity contribution in [1.29, 1.82) is 0 Å². The Bertz CT molecular complexity index is 324. The molecule has 0 bridgehead atoms. The van der Waals surface area contributed by atoms with E-state index in [0.29, 0.717) is 0 Å².